The quantitative estimate of drug-likeness (QED) is 0.889. The Bertz CT molecular complexity index is 485. The van der Waals surface area contributed by atoms with E-state index in [1.807, 2.05) is 6.92 Å². The Hall–Kier alpha value is -0.870. The molecule has 1 atom stereocenters. The fourth-order valence-electron chi connectivity index (χ4n) is 1.55. The summed E-state index contributed by atoms with van der Waals surface area (Å²) in [6.45, 7) is 6.29. The molecule has 2 aromatic rings. The van der Waals surface area contributed by atoms with Crippen LogP contribution in [0.5, 0.6) is 0 Å². The summed E-state index contributed by atoms with van der Waals surface area (Å²) in [5.74, 6) is 0. The van der Waals surface area contributed by atoms with Crippen LogP contribution in [0.25, 0.3) is 0 Å². The van der Waals surface area contributed by atoms with Crippen molar-refractivity contribution in [1.29, 1.82) is 0 Å². The van der Waals surface area contributed by atoms with Crippen LogP contribution in [-0.2, 0) is 0 Å². The van der Waals surface area contributed by atoms with Gasteiger partial charge in [0.25, 0.3) is 0 Å². The first-order valence-electron chi connectivity index (χ1n) is 5.52. The minimum Gasteiger partial charge on any atom is -0.355 e. The monoisotopic (exact) mass is 310 g/mol. The topological polar surface area (TPSA) is 24.9 Å². The zero-order valence-corrected chi connectivity index (χ0v) is 12.5. The Morgan fingerprint density at radius 3 is 2.41 bits per heavy atom. The molecule has 0 saturated heterocycles. The van der Waals surface area contributed by atoms with E-state index in [4.69, 9.17) is 0 Å². The Balaban J connectivity index is 2.11. The molecule has 0 aliphatic carbocycles. The van der Waals surface area contributed by atoms with Gasteiger partial charge in [-0.05, 0) is 38.5 Å². The zero-order valence-electron chi connectivity index (χ0n) is 10.1. The summed E-state index contributed by atoms with van der Waals surface area (Å²) in [6.07, 6.45) is 0. The van der Waals surface area contributed by atoms with Crippen LogP contribution in [0.4, 0.5) is 5.13 Å². The van der Waals surface area contributed by atoms with Gasteiger partial charge < -0.3 is 5.32 Å². The first kappa shape index (κ1) is 12.6. The van der Waals surface area contributed by atoms with Gasteiger partial charge in [0.05, 0.1) is 11.7 Å². The van der Waals surface area contributed by atoms with Crippen molar-refractivity contribution < 1.29 is 0 Å². The molecule has 0 aliphatic rings. The number of aryl methyl sites for hydroxylation is 2. The summed E-state index contributed by atoms with van der Waals surface area (Å²) in [7, 11) is 0. The van der Waals surface area contributed by atoms with Crippen molar-refractivity contribution in [3.63, 3.8) is 0 Å². The summed E-state index contributed by atoms with van der Waals surface area (Å²) in [5, 5.41) is 4.43. The third kappa shape index (κ3) is 3.07. The number of nitrogens with one attached hydrogen (secondary N) is 1. The van der Waals surface area contributed by atoms with Crippen LogP contribution in [0.3, 0.4) is 0 Å². The highest BCUT2D eigenvalue weighted by atomic mass is 79.9. The maximum Gasteiger partial charge on any atom is 0.183 e. The van der Waals surface area contributed by atoms with Crippen molar-refractivity contribution in [2.24, 2.45) is 0 Å². The van der Waals surface area contributed by atoms with Crippen LogP contribution in [0.15, 0.2) is 28.7 Å². The van der Waals surface area contributed by atoms with Crippen LogP contribution in [0, 0.1) is 13.8 Å². The summed E-state index contributed by atoms with van der Waals surface area (Å²) in [4.78, 5) is 5.77. The lowest BCUT2D eigenvalue weighted by molar-refractivity contribution is 0.880. The minimum absolute atomic E-state index is 0.271. The lowest BCUT2D eigenvalue weighted by atomic mass is 10.1. The number of anilines is 1. The fraction of sp³-hybridized carbons (Fsp3) is 0.308. The molecule has 1 N–H and O–H groups in total. The molecule has 0 spiro atoms. The molecule has 2 rings (SSSR count). The smallest absolute Gasteiger partial charge is 0.183 e. The SMILES string of the molecule is Cc1nc(NC(C)c2ccc(Br)cc2)sc1C. The predicted molar refractivity (Wildman–Crippen MR) is 77.8 cm³/mol. The maximum absolute atomic E-state index is 4.49. The van der Waals surface area contributed by atoms with Crippen molar-refractivity contribution in [2.75, 3.05) is 5.32 Å². The van der Waals surface area contributed by atoms with Crippen LogP contribution in [0.2, 0.25) is 0 Å². The largest absolute Gasteiger partial charge is 0.355 e. The van der Waals surface area contributed by atoms with Gasteiger partial charge >= 0.3 is 0 Å². The molecule has 0 bridgehead atoms. The molecule has 4 heteroatoms. The first-order chi connectivity index (χ1) is 8.06. The van der Waals surface area contributed by atoms with Gasteiger partial charge in [-0.3, -0.25) is 0 Å². The average Bonchev–Trinajstić information content (AvgIpc) is 2.58. The highest BCUT2D eigenvalue weighted by molar-refractivity contribution is 9.10. The number of aromatic nitrogens is 1. The van der Waals surface area contributed by atoms with E-state index < -0.39 is 0 Å². The van der Waals surface area contributed by atoms with E-state index in [0.717, 1.165) is 15.3 Å². The zero-order chi connectivity index (χ0) is 12.4. The van der Waals surface area contributed by atoms with Crippen molar-refractivity contribution in [2.45, 2.75) is 26.8 Å². The Kier molecular flexibility index (Phi) is 3.84. The molecule has 0 aliphatic heterocycles. The molecule has 0 amide bonds. The number of hydrogen-bond acceptors (Lipinski definition) is 3. The molecular formula is C13H15BrN2S. The van der Waals surface area contributed by atoms with Crippen molar-refractivity contribution in [1.82, 2.24) is 4.98 Å². The number of halogens is 1. The van der Waals surface area contributed by atoms with Gasteiger partial charge in [-0.25, -0.2) is 4.98 Å². The van der Waals surface area contributed by atoms with Crippen molar-refractivity contribution in [3.8, 4) is 0 Å². The highest BCUT2D eigenvalue weighted by Crippen LogP contribution is 2.26. The van der Waals surface area contributed by atoms with Crippen LogP contribution in [-0.4, -0.2) is 4.98 Å². The Morgan fingerprint density at radius 2 is 1.88 bits per heavy atom. The number of thiazole rings is 1. The number of hydrogen-bond donors (Lipinski definition) is 1. The molecule has 0 radical (unpaired) electrons. The Morgan fingerprint density at radius 1 is 1.24 bits per heavy atom. The molecule has 0 fully saturated rings. The predicted octanol–water partition coefficient (Wildman–Crippen LogP) is 4.70. The molecule has 1 aromatic heterocycles. The summed E-state index contributed by atoms with van der Waals surface area (Å²) in [6, 6.07) is 8.63. The van der Waals surface area contributed by atoms with Crippen LogP contribution >= 0.6 is 27.3 Å². The van der Waals surface area contributed by atoms with E-state index in [-0.39, 0.29) is 6.04 Å². The van der Waals surface area contributed by atoms with Gasteiger partial charge in [0, 0.05) is 9.35 Å². The molecule has 1 heterocycles. The maximum atomic E-state index is 4.49. The van der Waals surface area contributed by atoms with Gasteiger partial charge in [-0.15, -0.1) is 11.3 Å². The Labute approximate surface area is 114 Å². The van der Waals surface area contributed by atoms with E-state index >= 15 is 0 Å². The number of benzene rings is 1. The van der Waals surface area contributed by atoms with E-state index in [1.165, 1.54) is 10.4 Å². The number of rotatable bonds is 3. The second kappa shape index (κ2) is 5.19. The summed E-state index contributed by atoms with van der Waals surface area (Å²) in [5.41, 5.74) is 2.37. The summed E-state index contributed by atoms with van der Waals surface area (Å²) >= 11 is 5.15. The average molecular weight is 311 g/mol. The standard InChI is InChI=1S/C13H15BrN2S/c1-8-10(3)17-13(15-8)16-9(2)11-4-6-12(14)7-5-11/h4-7,9H,1-3H3,(H,15,16). The van der Waals surface area contributed by atoms with E-state index in [9.17, 15) is 0 Å². The molecule has 2 nitrogen and oxygen atoms in total. The van der Waals surface area contributed by atoms with Crippen LogP contribution < -0.4 is 5.32 Å². The molecule has 17 heavy (non-hydrogen) atoms. The van der Waals surface area contributed by atoms with Gasteiger partial charge in [-0.2, -0.15) is 0 Å². The third-order valence-electron chi connectivity index (χ3n) is 2.74. The summed E-state index contributed by atoms with van der Waals surface area (Å²) < 4.78 is 1.11. The van der Waals surface area contributed by atoms with Gasteiger partial charge in [0.2, 0.25) is 0 Å². The van der Waals surface area contributed by atoms with E-state index in [2.05, 4.69) is 64.3 Å². The van der Waals surface area contributed by atoms with Crippen LogP contribution in [0.1, 0.15) is 29.1 Å². The first-order valence-corrected chi connectivity index (χ1v) is 7.13. The molecule has 1 unspecified atom stereocenters. The minimum atomic E-state index is 0.271. The molecular weight excluding hydrogens is 296 g/mol. The highest BCUT2D eigenvalue weighted by Gasteiger charge is 2.08. The van der Waals surface area contributed by atoms with Gasteiger partial charge in [0.1, 0.15) is 0 Å². The molecule has 1 aromatic carbocycles. The second-order valence-corrected chi connectivity index (χ2v) is 6.20. The molecule has 90 valence electrons. The lowest BCUT2D eigenvalue weighted by Gasteiger charge is -2.13. The van der Waals surface area contributed by atoms with E-state index in [0.29, 0.717) is 0 Å². The second-order valence-electron chi connectivity index (χ2n) is 4.08. The van der Waals surface area contributed by atoms with Gasteiger partial charge in [0.15, 0.2) is 5.13 Å². The number of nitrogens with zero attached hydrogens (tertiary/aromatic N) is 1. The van der Waals surface area contributed by atoms with Crippen molar-refractivity contribution in [3.05, 3.63) is 44.9 Å². The fourth-order valence-corrected chi connectivity index (χ4v) is 2.72. The van der Waals surface area contributed by atoms with Gasteiger partial charge in [-0.1, -0.05) is 28.1 Å². The van der Waals surface area contributed by atoms with Crippen molar-refractivity contribution >= 4 is 32.4 Å². The lowest BCUT2D eigenvalue weighted by Crippen LogP contribution is -2.05. The molecule has 0 saturated carbocycles. The normalized spacial score (nSPS) is 12.5. The van der Waals surface area contributed by atoms with E-state index in [1.54, 1.807) is 11.3 Å². The third-order valence-corrected chi connectivity index (χ3v) is 4.27.